The zero-order valence-corrected chi connectivity index (χ0v) is 12.1. The highest BCUT2D eigenvalue weighted by Crippen LogP contribution is 2.33. The number of benzene rings is 2. The molecule has 0 saturated carbocycles. The van der Waals surface area contributed by atoms with Crippen LogP contribution in [0.2, 0.25) is 5.02 Å². The highest BCUT2D eigenvalue weighted by Gasteiger charge is 2.08. The number of nitrogens with zero attached hydrogens (tertiary/aromatic N) is 1. The maximum absolute atomic E-state index is 13.2. The second-order valence-electron chi connectivity index (χ2n) is 4.10. The van der Waals surface area contributed by atoms with E-state index in [1.54, 1.807) is 7.11 Å². The Kier molecular flexibility index (Phi) is 3.46. The van der Waals surface area contributed by atoms with Gasteiger partial charge in [0, 0.05) is 0 Å². The molecule has 0 atom stereocenters. The topological polar surface area (TPSA) is 34.1 Å². The minimum atomic E-state index is -0.348. The van der Waals surface area contributed by atoms with Gasteiger partial charge in [-0.05, 0) is 36.4 Å². The van der Waals surface area contributed by atoms with E-state index in [9.17, 15) is 4.39 Å². The fourth-order valence-electron chi connectivity index (χ4n) is 1.79. The lowest BCUT2D eigenvalue weighted by Crippen LogP contribution is -1.91. The Labute approximate surface area is 124 Å². The molecule has 0 aliphatic rings. The second kappa shape index (κ2) is 5.26. The third-order valence-corrected chi connectivity index (χ3v) is 4.03. The molecule has 20 heavy (non-hydrogen) atoms. The predicted octanol–water partition coefficient (Wildman–Crippen LogP) is 4.84. The van der Waals surface area contributed by atoms with Crippen molar-refractivity contribution in [2.45, 2.75) is 0 Å². The molecule has 0 amide bonds. The Morgan fingerprint density at radius 3 is 2.90 bits per heavy atom. The molecule has 2 aromatic carbocycles. The number of fused-ring (bicyclic) bond motifs is 1. The van der Waals surface area contributed by atoms with E-state index in [0.717, 1.165) is 16.0 Å². The van der Waals surface area contributed by atoms with Crippen LogP contribution in [0.15, 0.2) is 36.4 Å². The standard InChI is InChI=1S/C14H10ClFN2OS/c1-19-9-3-5-11-13(7-9)20-14(17-11)18-12-6-8(16)2-4-10(12)15/h2-7H,1H3,(H,17,18). The minimum absolute atomic E-state index is 0.348. The van der Waals surface area contributed by atoms with Crippen LogP contribution in [0, 0.1) is 5.82 Å². The van der Waals surface area contributed by atoms with Gasteiger partial charge in [-0.15, -0.1) is 0 Å². The molecule has 0 spiro atoms. The summed E-state index contributed by atoms with van der Waals surface area (Å²) in [5.41, 5.74) is 1.35. The number of anilines is 2. The predicted molar refractivity (Wildman–Crippen MR) is 80.9 cm³/mol. The number of ether oxygens (including phenoxy) is 1. The Hall–Kier alpha value is -1.85. The number of thiazole rings is 1. The van der Waals surface area contributed by atoms with Crippen LogP contribution in [0.5, 0.6) is 5.75 Å². The molecule has 0 aliphatic heterocycles. The van der Waals surface area contributed by atoms with Crippen LogP contribution >= 0.6 is 22.9 Å². The van der Waals surface area contributed by atoms with Gasteiger partial charge < -0.3 is 10.1 Å². The van der Waals surface area contributed by atoms with Crippen LogP contribution < -0.4 is 10.1 Å². The summed E-state index contributed by atoms with van der Waals surface area (Å²) in [7, 11) is 1.62. The van der Waals surface area contributed by atoms with Crippen molar-refractivity contribution < 1.29 is 9.13 Å². The van der Waals surface area contributed by atoms with Crippen LogP contribution in [0.4, 0.5) is 15.2 Å². The van der Waals surface area contributed by atoms with Crippen LogP contribution in [-0.4, -0.2) is 12.1 Å². The molecule has 0 fully saturated rings. The van der Waals surface area contributed by atoms with Gasteiger partial charge in [0.2, 0.25) is 0 Å². The summed E-state index contributed by atoms with van der Waals surface area (Å²) in [4.78, 5) is 4.42. The molecule has 102 valence electrons. The monoisotopic (exact) mass is 308 g/mol. The molecule has 3 rings (SSSR count). The van der Waals surface area contributed by atoms with E-state index in [4.69, 9.17) is 16.3 Å². The Balaban J connectivity index is 1.96. The smallest absolute Gasteiger partial charge is 0.188 e. The molecule has 6 heteroatoms. The zero-order chi connectivity index (χ0) is 14.1. The Morgan fingerprint density at radius 2 is 2.10 bits per heavy atom. The van der Waals surface area contributed by atoms with E-state index in [1.165, 1.54) is 29.5 Å². The van der Waals surface area contributed by atoms with Crippen LogP contribution in [-0.2, 0) is 0 Å². The average Bonchev–Trinajstić information content (AvgIpc) is 2.84. The summed E-state index contributed by atoms with van der Waals surface area (Å²) >= 11 is 7.47. The molecule has 0 saturated heterocycles. The highest BCUT2D eigenvalue weighted by atomic mass is 35.5. The molecule has 0 aliphatic carbocycles. The third-order valence-electron chi connectivity index (χ3n) is 2.77. The second-order valence-corrected chi connectivity index (χ2v) is 5.54. The number of aromatic nitrogens is 1. The van der Waals surface area contributed by atoms with E-state index in [1.807, 2.05) is 18.2 Å². The zero-order valence-electron chi connectivity index (χ0n) is 10.5. The SMILES string of the molecule is COc1ccc2nc(Nc3cc(F)ccc3Cl)sc2c1. The molecule has 1 N–H and O–H groups in total. The normalized spacial score (nSPS) is 10.8. The number of nitrogens with one attached hydrogen (secondary N) is 1. The molecule has 0 radical (unpaired) electrons. The summed E-state index contributed by atoms with van der Waals surface area (Å²) < 4.78 is 19.4. The van der Waals surface area contributed by atoms with Gasteiger partial charge in [0.05, 0.1) is 28.0 Å². The van der Waals surface area contributed by atoms with Gasteiger partial charge in [0.25, 0.3) is 0 Å². The molecule has 1 heterocycles. The number of rotatable bonds is 3. The van der Waals surface area contributed by atoms with Crippen LogP contribution in [0.25, 0.3) is 10.2 Å². The first-order valence-corrected chi connectivity index (χ1v) is 7.02. The van der Waals surface area contributed by atoms with Crippen molar-refractivity contribution in [1.29, 1.82) is 0 Å². The van der Waals surface area contributed by atoms with Crippen molar-refractivity contribution in [1.82, 2.24) is 4.98 Å². The first-order chi connectivity index (χ1) is 9.65. The lowest BCUT2D eigenvalue weighted by molar-refractivity contribution is 0.415. The molecular formula is C14H10ClFN2OS. The minimum Gasteiger partial charge on any atom is -0.497 e. The fourth-order valence-corrected chi connectivity index (χ4v) is 2.87. The van der Waals surface area contributed by atoms with Gasteiger partial charge in [0.15, 0.2) is 5.13 Å². The van der Waals surface area contributed by atoms with E-state index in [-0.39, 0.29) is 5.82 Å². The van der Waals surface area contributed by atoms with Gasteiger partial charge >= 0.3 is 0 Å². The molecule has 0 bridgehead atoms. The summed E-state index contributed by atoms with van der Waals surface area (Å²) in [6.45, 7) is 0. The third kappa shape index (κ3) is 2.55. The van der Waals surface area contributed by atoms with E-state index >= 15 is 0 Å². The number of halogens is 2. The lowest BCUT2D eigenvalue weighted by Gasteiger charge is -2.04. The quantitative estimate of drug-likeness (QED) is 0.751. The maximum atomic E-state index is 13.2. The molecular weight excluding hydrogens is 299 g/mol. The summed E-state index contributed by atoms with van der Waals surface area (Å²) in [6, 6.07) is 9.80. The first-order valence-electron chi connectivity index (χ1n) is 5.82. The summed E-state index contributed by atoms with van der Waals surface area (Å²) in [5, 5.41) is 4.14. The molecule has 3 nitrogen and oxygen atoms in total. The van der Waals surface area contributed by atoms with Gasteiger partial charge in [-0.3, -0.25) is 0 Å². The van der Waals surface area contributed by atoms with Crippen LogP contribution in [0.3, 0.4) is 0 Å². The molecule has 1 aromatic heterocycles. The molecule has 3 aromatic rings. The van der Waals surface area contributed by atoms with Gasteiger partial charge in [-0.2, -0.15) is 0 Å². The van der Waals surface area contributed by atoms with Gasteiger partial charge in [-0.25, -0.2) is 9.37 Å². The van der Waals surface area contributed by atoms with Crippen molar-refractivity contribution in [3.63, 3.8) is 0 Å². The fraction of sp³-hybridized carbons (Fsp3) is 0.0714. The van der Waals surface area contributed by atoms with Crippen molar-refractivity contribution >= 4 is 44.0 Å². The largest absolute Gasteiger partial charge is 0.497 e. The van der Waals surface area contributed by atoms with E-state index in [2.05, 4.69) is 10.3 Å². The highest BCUT2D eigenvalue weighted by molar-refractivity contribution is 7.22. The van der Waals surface area contributed by atoms with Gasteiger partial charge in [0.1, 0.15) is 11.6 Å². The first kappa shape index (κ1) is 13.1. The summed E-state index contributed by atoms with van der Waals surface area (Å²) in [5.74, 6) is 0.427. The van der Waals surface area contributed by atoms with E-state index in [0.29, 0.717) is 15.8 Å². The van der Waals surface area contributed by atoms with Crippen molar-refractivity contribution in [3.8, 4) is 5.75 Å². The van der Waals surface area contributed by atoms with Gasteiger partial charge in [-0.1, -0.05) is 22.9 Å². The number of hydrogen-bond donors (Lipinski definition) is 1. The van der Waals surface area contributed by atoms with Crippen molar-refractivity contribution in [2.24, 2.45) is 0 Å². The summed E-state index contributed by atoms with van der Waals surface area (Å²) in [6.07, 6.45) is 0. The maximum Gasteiger partial charge on any atom is 0.188 e. The van der Waals surface area contributed by atoms with Crippen LogP contribution in [0.1, 0.15) is 0 Å². The molecule has 0 unspecified atom stereocenters. The average molecular weight is 309 g/mol. The Bertz CT molecular complexity index is 775. The van der Waals surface area contributed by atoms with Crippen molar-refractivity contribution in [3.05, 3.63) is 47.2 Å². The number of methoxy groups -OCH3 is 1. The number of hydrogen-bond acceptors (Lipinski definition) is 4. The lowest BCUT2D eigenvalue weighted by atomic mass is 10.3. The Morgan fingerprint density at radius 1 is 1.25 bits per heavy atom. The van der Waals surface area contributed by atoms with Crippen molar-refractivity contribution in [2.75, 3.05) is 12.4 Å². The van der Waals surface area contributed by atoms with E-state index < -0.39 is 0 Å².